The molecule has 0 aliphatic carbocycles. The average molecular weight is 201 g/mol. The lowest BCUT2D eigenvalue weighted by molar-refractivity contribution is 0.118. The van der Waals surface area contributed by atoms with Crippen molar-refractivity contribution >= 4 is 16.5 Å². The van der Waals surface area contributed by atoms with Crippen LogP contribution in [0.15, 0.2) is 5.51 Å². The van der Waals surface area contributed by atoms with Crippen molar-refractivity contribution in [2.45, 2.75) is 13.8 Å². The smallest absolute Gasteiger partial charge is 0.205 e. The number of hydrogen-bond acceptors (Lipinski definition) is 5. The minimum Gasteiger partial charge on any atom is -0.379 e. The van der Waals surface area contributed by atoms with Crippen LogP contribution in [0.4, 0.5) is 5.13 Å². The van der Waals surface area contributed by atoms with Crippen LogP contribution in [0.25, 0.3) is 0 Å². The monoisotopic (exact) mass is 201 g/mol. The highest BCUT2D eigenvalue weighted by atomic mass is 32.1. The summed E-state index contributed by atoms with van der Waals surface area (Å²) in [4.78, 5) is 0. The van der Waals surface area contributed by atoms with Crippen LogP contribution in [0.2, 0.25) is 0 Å². The van der Waals surface area contributed by atoms with Crippen LogP contribution in [0.5, 0.6) is 0 Å². The number of hydrogen-bond donors (Lipinski definition) is 1. The second kappa shape index (κ2) is 5.88. The molecule has 0 spiro atoms. The maximum Gasteiger partial charge on any atom is 0.205 e. The van der Waals surface area contributed by atoms with Gasteiger partial charge in [0.1, 0.15) is 5.51 Å². The zero-order valence-electron chi connectivity index (χ0n) is 7.99. The van der Waals surface area contributed by atoms with Gasteiger partial charge in [0, 0.05) is 13.2 Å². The molecular formula is C8H15N3OS. The minimum atomic E-state index is 0.599. The first-order chi connectivity index (χ1) is 6.29. The van der Waals surface area contributed by atoms with Gasteiger partial charge in [-0.05, 0) is 5.92 Å². The molecule has 1 rings (SSSR count). The van der Waals surface area contributed by atoms with E-state index in [1.165, 1.54) is 11.3 Å². The summed E-state index contributed by atoms with van der Waals surface area (Å²) in [6.07, 6.45) is 0. The molecule has 1 heterocycles. The Hall–Kier alpha value is -0.680. The van der Waals surface area contributed by atoms with E-state index in [2.05, 4.69) is 29.4 Å². The van der Waals surface area contributed by atoms with E-state index < -0.39 is 0 Å². The molecule has 74 valence electrons. The zero-order chi connectivity index (χ0) is 9.52. The fourth-order valence-electron chi connectivity index (χ4n) is 0.799. The third kappa shape index (κ3) is 4.80. The van der Waals surface area contributed by atoms with Crippen molar-refractivity contribution in [1.29, 1.82) is 0 Å². The SMILES string of the molecule is CC(C)COCCNc1nncs1. The third-order valence-electron chi connectivity index (χ3n) is 1.33. The first-order valence-electron chi connectivity index (χ1n) is 4.37. The Morgan fingerprint density at radius 3 is 3.08 bits per heavy atom. The fraction of sp³-hybridized carbons (Fsp3) is 0.750. The predicted molar refractivity (Wildman–Crippen MR) is 54.1 cm³/mol. The molecule has 0 aromatic carbocycles. The van der Waals surface area contributed by atoms with Gasteiger partial charge in [-0.3, -0.25) is 0 Å². The lowest BCUT2D eigenvalue weighted by Gasteiger charge is -2.06. The van der Waals surface area contributed by atoms with E-state index in [9.17, 15) is 0 Å². The molecule has 4 nitrogen and oxygen atoms in total. The summed E-state index contributed by atoms with van der Waals surface area (Å²) < 4.78 is 5.39. The molecule has 1 aromatic heterocycles. The number of rotatable bonds is 6. The van der Waals surface area contributed by atoms with Crippen molar-refractivity contribution in [1.82, 2.24) is 10.2 Å². The summed E-state index contributed by atoms with van der Waals surface area (Å²) in [5.41, 5.74) is 1.71. The first-order valence-corrected chi connectivity index (χ1v) is 5.25. The highest BCUT2D eigenvalue weighted by molar-refractivity contribution is 7.13. The zero-order valence-corrected chi connectivity index (χ0v) is 8.80. The Kier molecular flexibility index (Phi) is 4.70. The Labute approximate surface area is 82.3 Å². The Morgan fingerprint density at radius 2 is 2.46 bits per heavy atom. The summed E-state index contributed by atoms with van der Waals surface area (Å²) in [6.45, 7) is 6.60. The molecule has 0 bridgehead atoms. The molecule has 0 saturated carbocycles. The van der Waals surface area contributed by atoms with E-state index in [1.54, 1.807) is 5.51 Å². The molecule has 0 unspecified atom stereocenters. The van der Waals surface area contributed by atoms with Crippen molar-refractivity contribution in [3.8, 4) is 0 Å². The van der Waals surface area contributed by atoms with Crippen LogP contribution in [0.1, 0.15) is 13.8 Å². The van der Waals surface area contributed by atoms with Gasteiger partial charge in [-0.1, -0.05) is 25.2 Å². The average Bonchev–Trinajstić information content (AvgIpc) is 2.55. The maximum absolute atomic E-state index is 5.39. The molecule has 13 heavy (non-hydrogen) atoms. The summed E-state index contributed by atoms with van der Waals surface area (Å²) in [5.74, 6) is 0.599. The second-order valence-corrected chi connectivity index (χ2v) is 3.97. The van der Waals surface area contributed by atoms with Crippen LogP contribution >= 0.6 is 11.3 Å². The lowest BCUT2D eigenvalue weighted by Crippen LogP contribution is -2.11. The van der Waals surface area contributed by atoms with Gasteiger partial charge in [0.15, 0.2) is 0 Å². The minimum absolute atomic E-state index is 0.599. The van der Waals surface area contributed by atoms with Crippen LogP contribution in [-0.2, 0) is 4.74 Å². The number of nitrogens with one attached hydrogen (secondary N) is 1. The predicted octanol–water partition coefficient (Wildman–Crippen LogP) is 1.62. The summed E-state index contributed by atoms with van der Waals surface area (Å²) in [5, 5.41) is 11.5. The van der Waals surface area contributed by atoms with E-state index in [-0.39, 0.29) is 0 Å². The van der Waals surface area contributed by atoms with Crippen LogP contribution in [-0.4, -0.2) is 30.0 Å². The van der Waals surface area contributed by atoms with Gasteiger partial charge < -0.3 is 10.1 Å². The van der Waals surface area contributed by atoms with Gasteiger partial charge in [-0.15, -0.1) is 10.2 Å². The molecule has 0 amide bonds. The van der Waals surface area contributed by atoms with Gasteiger partial charge >= 0.3 is 0 Å². The van der Waals surface area contributed by atoms with Crippen molar-refractivity contribution in [3.05, 3.63) is 5.51 Å². The molecule has 0 atom stereocenters. The highest BCUT2D eigenvalue weighted by Gasteiger charge is 1.95. The molecular weight excluding hydrogens is 186 g/mol. The van der Waals surface area contributed by atoms with Gasteiger partial charge in [0.2, 0.25) is 5.13 Å². The largest absolute Gasteiger partial charge is 0.379 e. The van der Waals surface area contributed by atoms with Gasteiger partial charge in [-0.25, -0.2) is 0 Å². The molecule has 0 aliphatic heterocycles. The molecule has 5 heteroatoms. The van der Waals surface area contributed by atoms with E-state index in [1.807, 2.05) is 0 Å². The van der Waals surface area contributed by atoms with Gasteiger partial charge in [0.05, 0.1) is 6.61 Å². The van der Waals surface area contributed by atoms with Crippen molar-refractivity contribution in [3.63, 3.8) is 0 Å². The highest BCUT2D eigenvalue weighted by Crippen LogP contribution is 2.06. The molecule has 0 radical (unpaired) electrons. The Balaban J connectivity index is 1.96. The molecule has 0 fully saturated rings. The molecule has 0 saturated heterocycles. The fourth-order valence-corrected chi connectivity index (χ4v) is 1.27. The van der Waals surface area contributed by atoms with Crippen molar-refractivity contribution < 1.29 is 4.74 Å². The second-order valence-electron chi connectivity index (χ2n) is 3.14. The van der Waals surface area contributed by atoms with Crippen LogP contribution in [0, 0.1) is 5.92 Å². The maximum atomic E-state index is 5.39. The quantitative estimate of drug-likeness (QED) is 0.710. The van der Waals surface area contributed by atoms with Gasteiger partial charge in [-0.2, -0.15) is 0 Å². The topological polar surface area (TPSA) is 47.0 Å². The Bertz CT molecular complexity index is 213. The molecule has 0 aliphatic rings. The number of aromatic nitrogens is 2. The number of nitrogens with zero attached hydrogens (tertiary/aromatic N) is 2. The summed E-state index contributed by atoms with van der Waals surface area (Å²) in [6, 6.07) is 0. The normalized spacial score (nSPS) is 10.7. The lowest BCUT2D eigenvalue weighted by atomic mass is 10.2. The van der Waals surface area contributed by atoms with Crippen LogP contribution in [0.3, 0.4) is 0 Å². The van der Waals surface area contributed by atoms with E-state index in [0.29, 0.717) is 5.92 Å². The van der Waals surface area contributed by atoms with E-state index >= 15 is 0 Å². The van der Waals surface area contributed by atoms with Crippen molar-refractivity contribution in [2.75, 3.05) is 25.1 Å². The molecule has 1 aromatic rings. The summed E-state index contributed by atoms with van der Waals surface area (Å²) in [7, 11) is 0. The Morgan fingerprint density at radius 1 is 1.62 bits per heavy atom. The van der Waals surface area contributed by atoms with E-state index in [4.69, 9.17) is 4.74 Å². The molecule has 1 N–H and O–H groups in total. The van der Waals surface area contributed by atoms with E-state index in [0.717, 1.165) is 24.9 Å². The number of anilines is 1. The van der Waals surface area contributed by atoms with Gasteiger partial charge in [0.25, 0.3) is 0 Å². The number of ether oxygens (including phenoxy) is 1. The van der Waals surface area contributed by atoms with Crippen LogP contribution < -0.4 is 5.32 Å². The van der Waals surface area contributed by atoms with Crippen molar-refractivity contribution in [2.24, 2.45) is 5.92 Å². The third-order valence-corrected chi connectivity index (χ3v) is 1.98. The standard InChI is InChI=1S/C8H15N3OS/c1-7(2)5-12-4-3-9-8-11-10-6-13-8/h6-7H,3-5H2,1-2H3,(H,9,11). The first kappa shape index (κ1) is 10.4. The summed E-state index contributed by atoms with van der Waals surface area (Å²) >= 11 is 1.50.